The molecule has 0 bridgehead atoms. The molecule has 0 aromatic rings. The summed E-state index contributed by atoms with van der Waals surface area (Å²) >= 11 is 0. The molecular formula is C9H15NO3. The summed E-state index contributed by atoms with van der Waals surface area (Å²) in [5.41, 5.74) is 4.02. The fraction of sp³-hybridized carbons (Fsp3) is 0.778. The van der Waals surface area contributed by atoms with Crippen LogP contribution in [0.4, 0.5) is 4.79 Å². The van der Waals surface area contributed by atoms with Gasteiger partial charge >= 0.3 is 6.09 Å². The van der Waals surface area contributed by atoms with E-state index in [1.807, 2.05) is 0 Å². The van der Waals surface area contributed by atoms with Crippen LogP contribution in [-0.4, -0.2) is 18.0 Å². The van der Waals surface area contributed by atoms with Crippen molar-refractivity contribution in [3.05, 3.63) is 0 Å². The lowest BCUT2D eigenvalue weighted by Crippen LogP contribution is -2.34. The van der Waals surface area contributed by atoms with E-state index in [0.29, 0.717) is 6.42 Å². The molecule has 1 aliphatic rings. The molecule has 1 aliphatic carbocycles. The van der Waals surface area contributed by atoms with Crippen LogP contribution in [0.3, 0.4) is 0 Å². The molecule has 1 fully saturated rings. The van der Waals surface area contributed by atoms with E-state index >= 15 is 0 Å². The Balaban J connectivity index is 2.51. The molecule has 74 valence electrons. The third-order valence-corrected chi connectivity index (χ3v) is 2.30. The maximum absolute atomic E-state index is 10.7. The minimum Gasteiger partial charge on any atom is -0.444 e. The van der Waals surface area contributed by atoms with Crippen molar-refractivity contribution < 1.29 is 14.3 Å². The van der Waals surface area contributed by atoms with Crippen LogP contribution in [0.25, 0.3) is 0 Å². The van der Waals surface area contributed by atoms with E-state index in [1.54, 1.807) is 13.8 Å². The first-order valence-electron chi connectivity index (χ1n) is 4.34. The molecule has 0 aromatic heterocycles. The van der Waals surface area contributed by atoms with Crippen molar-refractivity contribution in [2.24, 2.45) is 11.1 Å². The first kappa shape index (κ1) is 10.0. The van der Waals surface area contributed by atoms with Gasteiger partial charge in [0.15, 0.2) is 0 Å². The Morgan fingerprint density at radius 3 is 2.46 bits per heavy atom. The Morgan fingerprint density at radius 1 is 1.62 bits per heavy atom. The third kappa shape index (κ3) is 2.72. The molecule has 2 N–H and O–H groups in total. The van der Waals surface area contributed by atoms with Crippen molar-refractivity contribution >= 4 is 12.4 Å². The molecule has 4 nitrogen and oxygen atoms in total. The molecular weight excluding hydrogens is 170 g/mol. The number of amides is 1. The summed E-state index contributed by atoms with van der Waals surface area (Å²) < 4.78 is 4.90. The van der Waals surface area contributed by atoms with Crippen LogP contribution >= 0.6 is 0 Å². The van der Waals surface area contributed by atoms with Crippen molar-refractivity contribution in [1.29, 1.82) is 0 Å². The number of hydrogen-bond acceptors (Lipinski definition) is 3. The molecule has 0 aliphatic heterocycles. The fourth-order valence-electron chi connectivity index (χ4n) is 1.65. The average molecular weight is 185 g/mol. The molecule has 0 saturated heterocycles. The predicted octanol–water partition coefficient (Wildman–Crippen LogP) is 1.23. The van der Waals surface area contributed by atoms with Crippen LogP contribution in [-0.2, 0) is 9.53 Å². The normalized spacial score (nSPS) is 19.2. The number of hydrogen-bond donors (Lipinski definition) is 1. The maximum Gasteiger partial charge on any atom is 0.405 e. The van der Waals surface area contributed by atoms with Crippen LogP contribution < -0.4 is 5.73 Å². The van der Waals surface area contributed by atoms with E-state index < -0.39 is 11.7 Å². The van der Waals surface area contributed by atoms with Gasteiger partial charge in [-0.1, -0.05) is 0 Å². The SMILES string of the molecule is CC(C)(CC1(C=O)CC1)OC(N)=O. The van der Waals surface area contributed by atoms with Crippen molar-refractivity contribution in [3.63, 3.8) is 0 Å². The highest BCUT2D eigenvalue weighted by atomic mass is 16.6. The largest absolute Gasteiger partial charge is 0.444 e. The van der Waals surface area contributed by atoms with Gasteiger partial charge in [-0.25, -0.2) is 4.79 Å². The molecule has 0 aromatic carbocycles. The van der Waals surface area contributed by atoms with Gasteiger partial charge < -0.3 is 15.3 Å². The van der Waals surface area contributed by atoms with Gasteiger partial charge in [0, 0.05) is 5.41 Å². The second kappa shape index (κ2) is 3.01. The Bertz CT molecular complexity index is 231. The summed E-state index contributed by atoms with van der Waals surface area (Å²) in [5.74, 6) is 0. The van der Waals surface area contributed by atoms with Crippen molar-refractivity contribution in [3.8, 4) is 0 Å². The Morgan fingerprint density at radius 2 is 2.15 bits per heavy atom. The minimum absolute atomic E-state index is 0.251. The van der Waals surface area contributed by atoms with E-state index in [4.69, 9.17) is 10.5 Å². The lowest BCUT2D eigenvalue weighted by molar-refractivity contribution is -0.114. The average Bonchev–Trinajstić information content (AvgIpc) is 2.65. The summed E-state index contributed by atoms with van der Waals surface area (Å²) in [4.78, 5) is 21.2. The van der Waals surface area contributed by atoms with Crippen molar-refractivity contribution in [1.82, 2.24) is 0 Å². The summed E-state index contributed by atoms with van der Waals surface area (Å²) in [7, 11) is 0. The number of carbonyl (C=O) groups excluding carboxylic acids is 2. The van der Waals surface area contributed by atoms with Gasteiger partial charge in [-0.3, -0.25) is 0 Å². The smallest absolute Gasteiger partial charge is 0.405 e. The van der Waals surface area contributed by atoms with E-state index in [2.05, 4.69) is 0 Å². The molecule has 0 atom stereocenters. The van der Waals surface area contributed by atoms with Crippen molar-refractivity contribution in [2.45, 2.75) is 38.7 Å². The molecule has 0 heterocycles. The zero-order valence-corrected chi connectivity index (χ0v) is 8.00. The summed E-state index contributed by atoms with van der Waals surface area (Å²) in [5, 5.41) is 0. The molecule has 13 heavy (non-hydrogen) atoms. The quantitative estimate of drug-likeness (QED) is 0.669. The van der Waals surface area contributed by atoms with Crippen LogP contribution in [0, 0.1) is 5.41 Å². The number of aldehydes is 1. The Labute approximate surface area is 77.4 Å². The zero-order chi connectivity index (χ0) is 10.1. The second-order valence-electron chi connectivity index (χ2n) is 4.34. The first-order chi connectivity index (χ1) is 5.89. The van der Waals surface area contributed by atoms with Gasteiger partial charge in [0.1, 0.15) is 11.9 Å². The molecule has 1 saturated carbocycles. The highest BCUT2D eigenvalue weighted by Gasteiger charge is 2.47. The van der Waals surface area contributed by atoms with Gasteiger partial charge in [-0.05, 0) is 33.1 Å². The number of nitrogens with two attached hydrogens (primary N) is 1. The maximum atomic E-state index is 10.7. The first-order valence-corrected chi connectivity index (χ1v) is 4.34. The topological polar surface area (TPSA) is 69.4 Å². The molecule has 0 unspecified atom stereocenters. The summed E-state index contributed by atoms with van der Waals surface area (Å²) in [6.07, 6.45) is 2.52. The number of ether oxygens (including phenoxy) is 1. The van der Waals surface area contributed by atoms with Gasteiger partial charge in [0.05, 0.1) is 0 Å². The molecule has 1 amide bonds. The lowest BCUT2D eigenvalue weighted by Gasteiger charge is -2.26. The van der Waals surface area contributed by atoms with E-state index in [-0.39, 0.29) is 5.41 Å². The monoisotopic (exact) mass is 185 g/mol. The summed E-state index contributed by atoms with van der Waals surface area (Å²) in [6.45, 7) is 3.53. The Hall–Kier alpha value is -1.06. The van der Waals surface area contributed by atoms with Gasteiger partial charge in [-0.2, -0.15) is 0 Å². The number of primary amides is 1. The van der Waals surface area contributed by atoms with Crippen molar-refractivity contribution in [2.75, 3.05) is 0 Å². The van der Waals surface area contributed by atoms with Crippen LogP contribution in [0.2, 0.25) is 0 Å². The Kier molecular flexibility index (Phi) is 2.32. The molecule has 0 radical (unpaired) electrons. The molecule has 4 heteroatoms. The van der Waals surface area contributed by atoms with E-state index in [0.717, 1.165) is 19.1 Å². The third-order valence-electron chi connectivity index (χ3n) is 2.30. The second-order valence-corrected chi connectivity index (χ2v) is 4.34. The zero-order valence-electron chi connectivity index (χ0n) is 8.00. The van der Waals surface area contributed by atoms with Gasteiger partial charge in [0.25, 0.3) is 0 Å². The van der Waals surface area contributed by atoms with Crippen LogP contribution in [0.15, 0.2) is 0 Å². The highest BCUT2D eigenvalue weighted by molar-refractivity contribution is 5.66. The van der Waals surface area contributed by atoms with E-state index in [1.165, 1.54) is 0 Å². The summed E-state index contributed by atoms with van der Waals surface area (Å²) in [6, 6.07) is 0. The van der Waals surface area contributed by atoms with Crippen LogP contribution in [0.1, 0.15) is 33.1 Å². The van der Waals surface area contributed by atoms with E-state index in [9.17, 15) is 9.59 Å². The lowest BCUT2D eigenvalue weighted by atomic mass is 9.92. The number of carbonyl (C=O) groups is 2. The van der Waals surface area contributed by atoms with Gasteiger partial charge in [0.2, 0.25) is 0 Å². The minimum atomic E-state index is -0.785. The van der Waals surface area contributed by atoms with Gasteiger partial charge in [-0.15, -0.1) is 0 Å². The highest BCUT2D eigenvalue weighted by Crippen LogP contribution is 2.50. The predicted molar refractivity (Wildman–Crippen MR) is 47.1 cm³/mol. The molecule has 1 rings (SSSR count). The van der Waals surface area contributed by atoms with Crippen LogP contribution in [0.5, 0.6) is 0 Å². The standard InChI is InChI=1S/C9H15NO3/c1-8(2,13-7(10)12)5-9(6-11)3-4-9/h6H,3-5H2,1-2H3,(H2,10,12). The molecule has 0 spiro atoms. The number of rotatable bonds is 4. The fourth-order valence-corrected chi connectivity index (χ4v) is 1.65.